The maximum atomic E-state index is 13.3. The Hall–Kier alpha value is -2.17. The molecule has 0 radical (unpaired) electrons. The Morgan fingerprint density at radius 3 is 1.96 bits per heavy atom. The first-order valence-corrected chi connectivity index (χ1v) is 8.59. The maximum Gasteiger partial charge on any atom is 0.264 e. The molecule has 0 spiro atoms. The molecule has 24 heavy (non-hydrogen) atoms. The number of hydrogen-bond acceptors (Lipinski definition) is 3. The molecule has 1 heterocycles. The SMILES string of the molecule is CCN1CCN(C(=O)C2(O)c3ccccc3-c3ccccc32)CC1. The summed E-state index contributed by atoms with van der Waals surface area (Å²) in [6, 6.07) is 15.4. The Kier molecular flexibility index (Phi) is 3.66. The summed E-state index contributed by atoms with van der Waals surface area (Å²) in [5, 5.41) is 11.5. The topological polar surface area (TPSA) is 43.8 Å². The van der Waals surface area contributed by atoms with Gasteiger partial charge in [0.1, 0.15) is 0 Å². The molecule has 4 heteroatoms. The van der Waals surface area contributed by atoms with Crippen LogP contribution in [0, 0.1) is 0 Å². The van der Waals surface area contributed by atoms with Crippen molar-refractivity contribution < 1.29 is 9.90 Å². The number of carbonyl (C=O) groups excluding carboxylic acids is 1. The van der Waals surface area contributed by atoms with Gasteiger partial charge in [-0.25, -0.2) is 0 Å². The molecule has 2 aliphatic rings. The fourth-order valence-electron chi connectivity index (χ4n) is 3.94. The number of piperazine rings is 1. The summed E-state index contributed by atoms with van der Waals surface area (Å²) in [7, 11) is 0. The predicted molar refractivity (Wildman–Crippen MR) is 93.6 cm³/mol. The zero-order chi connectivity index (χ0) is 16.7. The first-order chi connectivity index (χ1) is 11.7. The lowest BCUT2D eigenvalue weighted by atomic mass is 9.89. The van der Waals surface area contributed by atoms with Crippen LogP contribution in [0.2, 0.25) is 0 Å². The van der Waals surface area contributed by atoms with E-state index >= 15 is 0 Å². The first kappa shape index (κ1) is 15.4. The lowest BCUT2D eigenvalue weighted by Gasteiger charge is -2.38. The van der Waals surface area contributed by atoms with Crippen LogP contribution >= 0.6 is 0 Å². The third kappa shape index (κ3) is 2.10. The summed E-state index contributed by atoms with van der Waals surface area (Å²) >= 11 is 0. The van der Waals surface area contributed by atoms with Gasteiger partial charge in [0.15, 0.2) is 5.60 Å². The van der Waals surface area contributed by atoms with E-state index in [0.29, 0.717) is 24.2 Å². The van der Waals surface area contributed by atoms with Crippen LogP contribution in [0.4, 0.5) is 0 Å². The zero-order valence-corrected chi connectivity index (χ0v) is 13.9. The molecule has 0 atom stereocenters. The summed E-state index contributed by atoms with van der Waals surface area (Å²) in [5.41, 5.74) is 1.75. The van der Waals surface area contributed by atoms with Crippen molar-refractivity contribution in [3.8, 4) is 11.1 Å². The summed E-state index contributed by atoms with van der Waals surface area (Å²) in [4.78, 5) is 17.4. The van der Waals surface area contributed by atoms with Gasteiger partial charge in [-0.3, -0.25) is 4.79 Å². The third-order valence-corrected chi connectivity index (χ3v) is 5.34. The lowest BCUT2D eigenvalue weighted by molar-refractivity contribution is -0.149. The number of rotatable bonds is 2. The molecule has 1 N–H and O–H groups in total. The minimum Gasteiger partial charge on any atom is -0.372 e. The molecule has 1 fully saturated rings. The molecular weight excluding hydrogens is 300 g/mol. The van der Waals surface area contributed by atoms with E-state index in [-0.39, 0.29) is 5.91 Å². The Bertz CT molecular complexity index is 733. The maximum absolute atomic E-state index is 13.3. The monoisotopic (exact) mass is 322 g/mol. The predicted octanol–water partition coefficient (Wildman–Crippen LogP) is 2.07. The van der Waals surface area contributed by atoms with E-state index in [1.807, 2.05) is 53.4 Å². The molecule has 1 aliphatic heterocycles. The van der Waals surface area contributed by atoms with Crippen LogP contribution in [-0.2, 0) is 10.4 Å². The molecule has 124 valence electrons. The van der Waals surface area contributed by atoms with Gasteiger partial charge < -0.3 is 14.9 Å². The van der Waals surface area contributed by atoms with Crippen LogP contribution in [0.1, 0.15) is 18.1 Å². The molecule has 2 aromatic rings. The molecule has 1 saturated heterocycles. The van der Waals surface area contributed by atoms with Crippen molar-refractivity contribution in [1.82, 2.24) is 9.80 Å². The van der Waals surface area contributed by atoms with E-state index in [1.54, 1.807) is 0 Å². The van der Waals surface area contributed by atoms with Crippen LogP contribution in [0.3, 0.4) is 0 Å². The van der Waals surface area contributed by atoms with Crippen molar-refractivity contribution in [1.29, 1.82) is 0 Å². The van der Waals surface area contributed by atoms with Crippen LogP contribution in [-0.4, -0.2) is 53.5 Å². The summed E-state index contributed by atoms with van der Waals surface area (Å²) in [6.45, 7) is 6.19. The van der Waals surface area contributed by atoms with Crippen molar-refractivity contribution in [3.05, 3.63) is 59.7 Å². The van der Waals surface area contributed by atoms with Crippen molar-refractivity contribution in [2.24, 2.45) is 0 Å². The number of amides is 1. The largest absolute Gasteiger partial charge is 0.372 e. The molecule has 0 unspecified atom stereocenters. The molecule has 2 aromatic carbocycles. The molecule has 4 rings (SSSR count). The summed E-state index contributed by atoms with van der Waals surface area (Å²) in [6.07, 6.45) is 0. The van der Waals surface area contributed by atoms with Gasteiger partial charge in [-0.05, 0) is 17.7 Å². The van der Waals surface area contributed by atoms with Crippen molar-refractivity contribution in [2.75, 3.05) is 32.7 Å². The van der Waals surface area contributed by atoms with Gasteiger partial charge in [-0.2, -0.15) is 0 Å². The number of nitrogens with zero attached hydrogens (tertiary/aromatic N) is 2. The van der Waals surface area contributed by atoms with E-state index in [2.05, 4.69) is 11.8 Å². The first-order valence-electron chi connectivity index (χ1n) is 8.59. The number of carbonyl (C=O) groups is 1. The molecule has 1 amide bonds. The average Bonchev–Trinajstić information content (AvgIpc) is 2.92. The highest BCUT2D eigenvalue weighted by molar-refractivity contribution is 5.98. The number of hydrogen-bond donors (Lipinski definition) is 1. The summed E-state index contributed by atoms with van der Waals surface area (Å²) < 4.78 is 0. The Morgan fingerprint density at radius 2 is 1.46 bits per heavy atom. The zero-order valence-electron chi connectivity index (χ0n) is 13.9. The second-order valence-corrected chi connectivity index (χ2v) is 6.53. The Labute approximate surface area is 142 Å². The quantitative estimate of drug-likeness (QED) is 0.920. The lowest BCUT2D eigenvalue weighted by Crippen LogP contribution is -2.54. The van der Waals surface area contributed by atoms with Gasteiger partial charge in [0, 0.05) is 37.3 Å². The standard InChI is InChI=1S/C20H22N2O2/c1-2-21-11-13-22(14-12-21)19(23)20(24)17-9-5-3-7-15(17)16-8-4-6-10-18(16)20/h3-10,24H,2,11-14H2,1H3. The van der Waals surface area contributed by atoms with Gasteiger partial charge in [0.25, 0.3) is 5.91 Å². The molecule has 0 aromatic heterocycles. The second-order valence-electron chi connectivity index (χ2n) is 6.53. The van der Waals surface area contributed by atoms with Gasteiger partial charge in [-0.1, -0.05) is 55.5 Å². The molecule has 1 aliphatic carbocycles. The van der Waals surface area contributed by atoms with E-state index in [1.165, 1.54) is 0 Å². The van der Waals surface area contributed by atoms with Crippen molar-refractivity contribution in [2.45, 2.75) is 12.5 Å². The minimum absolute atomic E-state index is 0.198. The fourth-order valence-corrected chi connectivity index (χ4v) is 3.94. The summed E-state index contributed by atoms with van der Waals surface area (Å²) in [5.74, 6) is -0.198. The third-order valence-electron chi connectivity index (χ3n) is 5.34. The molecule has 4 nitrogen and oxygen atoms in total. The van der Waals surface area contributed by atoms with Gasteiger partial charge in [0.2, 0.25) is 0 Å². The molecular formula is C20H22N2O2. The van der Waals surface area contributed by atoms with Gasteiger partial charge in [-0.15, -0.1) is 0 Å². The molecule has 0 bridgehead atoms. The Balaban J connectivity index is 1.75. The van der Waals surface area contributed by atoms with E-state index < -0.39 is 5.60 Å². The highest BCUT2D eigenvalue weighted by Gasteiger charge is 2.49. The minimum atomic E-state index is -1.57. The number of aliphatic hydroxyl groups is 1. The van der Waals surface area contributed by atoms with Crippen LogP contribution < -0.4 is 0 Å². The van der Waals surface area contributed by atoms with E-state index in [4.69, 9.17) is 0 Å². The normalized spacial score (nSPS) is 19.0. The van der Waals surface area contributed by atoms with Gasteiger partial charge in [0.05, 0.1) is 0 Å². The highest BCUT2D eigenvalue weighted by Crippen LogP contribution is 2.48. The number of benzene rings is 2. The highest BCUT2D eigenvalue weighted by atomic mass is 16.3. The van der Waals surface area contributed by atoms with E-state index in [9.17, 15) is 9.90 Å². The van der Waals surface area contributed by atoms with Crippen LogP contribution in [0.15, 0.2) is 48.5 Å². The Morgan fingerprint density at radius 1 is 0.958 bits per heavy atom. The number of fused-ring (bicyclic) bond motifs is 3. The van der Waals surface area contributed by atoms with E-state index in [0.717, 1.165) is 30.8 Å². The van der Waals surface area contributed by atoms with Crippen LogP contribution in [0.25, 0.3) is 11.1 Å². The second kappa shape index (κ2) is 5.72. The number of likely N-dealkylation sites (N-methyl/N-ethyl adjacent to an activating group) is 1. The van der Waals surface area contributed by atoms with Gasteiger partial charge >= 0.3 is 0 Å². The molecule has 0 saturated carbocycles. The smallest absolute Gasteiger partial charge is 0.264 e. The fraction of sp³-hybridized carbons (Fsp3) is 0.350. The average molecular weight is 322 g/mol. The van der Waals surface area contributed by atoms with Crippen molar-refractivity contribution >= 4 is 5.91 Å². The van der Waals surface area contributed by atoms with Crippen molar-refractivity contribution in [3.63, 3.8) is 0 Å². The van der Waals surface area contributed by atoms with Crippen LogP contribution in [0.5, 0.6) is 0 Å².